The maximum Gasteiger partial charge on any atom is 0.347 e. The minimum atomic E-state index is -0.901. The summed E-state index contributed by atoms with van der Waals surface area (Å²) in [6.07, 6.45) is 7.04. The lowest BCUT2D eigenvalue weighted by molar-refractivity contribution is 0.402. The van der Waals surface area contributed by atoms with Gasteiger partial charge in [-0.05, 0) is 36.4 Å². The quantitative estimate of drug-likeness (QED) is 0.357. The number of hydrogen-bond donors (Lipinski definition) is 3. The minimum absolute atomic E-state index is 0.0129. The fourth-order valence-electron chi connectivity index (χ4n) is 4.04. The van der Waals surface area contributed by atoms with Crippen molar-refractivity contribution >= 4 is 27.5 Å². The fourth-order valence-corrected chi connectivity index (χ4v) is 4.04. The zero-order chi connectivity index (χ0) is 24.6. The molecule has 0 fully saturated rings. The summed E-state index contributed by atoms with van der Waals surface area (Å²) in [4.78, 5) is 23.0. The average molecular weight is 464 g/mol. The molecule has 0 radical (unpaired) electrons. The Labute approximate surface area is 193 Å². The second-order valence-corrected chi connectivity index (χ2v) is 7.74. The van der Waals surface area contributed by atoms with E-state index in [1.54, 1.807) is 0 Å². The molecule has 0 unspecified atom stereocenters. The lowest BCUT2D eigenvalue weighted by atomic mass is 9.95. The van der Waals surface area contributed by atoms with Crippen molar-refractivity contribution in [2.75, 3.05) is 12.4 Å². The molecule has 174 valence electrons. The van der Waals surface area contributed by atoms with Crippen LogP contribution in [0.25, 0.3) is 32.9 Å². The van der Waals surface area contributed by atoms with Gasteiger partial charge in [0.15, 0.2) is 5.82 Å². The summed E-state index contributed by atoms with van der Waals surface area (Å²) in [5, 5.41) is 14.2. The van der Waals surface area contributed by atoms with E-state index in [0.717, 1.165) is 12.8 Å². The lowest BCUT2D eigenvalue weighted by Crippen LogP contribution is -2.22. The molecule has 0 amide bonds. The molecule has 2 aromatic heterocycles. The number of hydrogen-bond acceptors (Lipinski definition) is 6. The van der Waals surface area contributed by atoms with Crippen LogP contribution in [0.2, 0.25) is 0 Å². The number of halogens is 2. The minimum Gasteiger partial charge on any atom is -0.508 e. The van der Waals surface area contributed by atoms with Gasteiger partial charge in [0.05, 0.1) is 18.2 Å². The number of aromatic hydroxyl groups is 1. The third kappa shape index (κ3) is 3.77. The molecule has 0 saturated carbocycles. The highest BCUT2D eigenvalue weighted by Gasteiger charge is 2.24. The van der Waals surface area contributed by atoms with Crippen LogP contribution in [0.1, 0.15) is 32.3 Å². The smallest absolute Gasteiger partial charge is 0.347 e. The Morgan fingerprint density at radius 3 is 2.59 bits per heavy atom. The largest absolute Gasteiger partial charge is 0.508 e. The Morgan fingerprint density at radius 2 is 1.94 bits per heavy atom. The molecule has 4 rings (SSSR count). The second kappa shape index (κ2) is 8.98. The number of nitrogens with zero attached hydrogens (tertiary/aromatic N) is 2. The Bertz CT molecular complexity index is 1520. The predicted octanol–water partition coefficient (Wildman–Crippen LogP) is 4.71. The first-order valence-electron chi connectivity index (χ1n) is 10.7. The molecule has 2 aromatic carbocycles. The zero-order valence-electron chi connectivity index (χ0n) is 18.8. The monoisotopic (exact) mass is 464 g/mol. The molecule has 0 aliphatic heterocycles. The van der Waals surface area contributed by atoms with Crippen LogP contribution in [0, 0.1) is 24.0 Å². The van der Waals surface area contributed by atoms with Gasteiger partial charge in [-0.3, -0.25) is 0 Å². The molecule has 0 aliphatic rings. The van der Waals surface area contributed by atoms with Crippen LogP contribution in [0.4, 0.5) is 14.6 Å². The molecule has 9 heteroatoms. The number of methoxy groups -OCH3 is 1. The van der Waals surface area contributed by atoms with Gasteiger partial charge in [-0.25, -0.2) is 18.6 Å². The van der Waals surface area contributed by atoms with Crippen molar-refractivity contribution in [2.45, 2.75) is 32.7 Å². The van der Waals surface area contributed by atoms with Gasteiger partial charge in [-0.15, -0.1) is 6.42 Å². The Kier molecular flexibility index (Phi) is 6.07. The number of ether oxygens (including phenoxy) is 1. The van der Waals surface area contributed by atoms with Crippen molar-refractivity contribution in [3.63, 3.8) is 0 Å². The average Bonchev–Trinajstić information content (AvgIpc) is 2.82. The van der Waals surface area contributed by atoms with Crippen LogP contribution < -0.4 is 15.7 Å². The molecule has 0 spiro atoms. The van der Waals surface area contributed by atoms with Crippen LogP contribution in [0.15, 0.2) is 29.1 Å². The van der Waals surface area contributed by atoms with E-state index < -0.39 is 17.3 Å². The van der Waals surface area contributed by atoms with Gasteiger partial charge in [-0.1, -0.05) is 25.8 Å². The van der Waals surface area contributed by atoms with Crippen LogP contribution in [0.3, 0.4) is 0 Å². The van der Waals surface area contributed by atoms with Crippen molar-refractivity contribution in [3.8, 4) is 35.2 Å². The number of H-pyrrole nitrogens is 1. The van der Waals surface area contributed by atoms with Crippen molar-refractivity contribution in [1.29, 1.82) is 0 Å². The van der Waals surface area contributed by atoms with Gasteiger partial charge < -0.3 is 20.1 Å². The molecule has 0 saturated heterocycles. The number of phenols is 1. The molecule has 3 N–H and O–H groups in total. The highest BCUT2D eigenvalue weighted by molar-refractivity contribution is 6.03. The summed E-state index contributed by atoms with van der Waals surface area (Å²) in [6.45, 7) is 3.94. The summed E-state index contributed by atoms with van der Waals surface area (Å²) in [5.41, 5.74) is -1.29. The van der Waals surface area contributed by atoms with Crippen LogP contribution in [-0.4, -0.2) is 33.2 Å². The third-order valence-corrected chi connectivity index (χ3v) is 5.76. The number of aromatic nitrogens is 3. The number of benzene rings is 2. The van der Waals surface area contributed by atoms with Gasteiger partial charge in [0, 0.05) is 17.0 Å². The number of fused-ring (bicyclic) bond motifs is 2. The topological polar surface area (TPSA) is 100 Å². The molecule has 0 aliphatic carbocycles. The van der Waals surface area contributed by atoms with E-state index >= 15 is 4.39 Å². The lowest BCUT2D eigenvalue weighted by Gasteiger charge is -2.18. The summed E-state index contributed by atoms with van der Waals surface area (Å²) in [6, 6.07) is 5.21. The maximum absolute atomic E-state index is 16.0. The van der Waals surface area contributed by atoms with E-state index in [1.165, 1.54) is 31.4 Å². The highest BCUT2D eigenvalue weighted by Crippen LogP contribution is 2.40. The fraction of sp³-hybridized carbons (Fsp3) is 0.240. The maximum atomic E-state index is 16.0. The number of phenolic OH excluding ortho intramolecular Hbond substituents is 1. The van der Waals surface area contributed by atoms with Gasteiger partial charge in [0.1, 0.15) is 28.5 Å². The predicted molar refractivity (Wildman–Crippen MR) is 127 cm³/mol. The Morgan fingerprint density at radius 1 is 1.21 bits per heavy atom. The first-order chi connectivity index (χ1) is 16.3. The first-order valence-corrected chi connectivity index (χ1v) is 10.7. The van der Waals surface area contributed by atoms with Crippen LogP contribution in [-0.2, 0) is 0 Å². The van der Waals surface area contributed by atoms with Gasteiger partial charge in [0.25, 0.3) is 0 Å². The summed E-state index contributed by atoms with van der Waals surface area (Å²) < 4.78 is 35.9. The number of nitrogens with one attached hydrogen (secondary N) is 2. The van der Waals surface area contributed by atoms with Crippen molar-refractivity contribution in [1.82, 2.24) is 15.0 Å². The molecular formula is C25H22F2N4O3. The van der Waals surface area contributed by atoms with Crippen LogP contribution >= 0.6 is 0 Å². The number of pyridine rings is 1. The van der Waals surface area contributed by atoms with E-state index in [9.17, 15) is 14.3 Å². The van der Waals surface area contributed by atoms with E-state index in [2.05, 4.69) is 26.2 Å². The van der Waals surface area contributed by atoms with E-state index in [0.29, 0.717) is 5.39 Å². The Balaban J connectivity index is 2.12. The first kappa shape index (κ1) is 23.0. The SMILES string of the molecule is C#Cc1c(F)ccc2cc(O)cc(-c3nc(OC)c4c(NC(CC)CC)nc(=O)[nH]c4c3F)c12. The van der Waals surface area contributed by atoms with Gasteiger partial charge in [0.2, 0.25) is 5.88 Å². The molecule has 0 bridgehead atoms. The van der Waals surface area contributed by atoms with E-state index in [1.807, 2.05) is 13.8 Å². The molecule has 4 aromatic rings. The van der Waals surface area contributed by atoms with Crippen molar-refractivity contribution in [2.24, 2.45) is 0 Å². The summed E-state index contributed by atoms with van der Waals surface area (Å²) in [5.74, 6) is 0.637. The number of rotatable bonds is 6. The standard InChI is InChI=1S/C25H22F2N4O3/c1-5-13(6-2)28-23-19-22(30-25(33)31-23)20(27)21(29-24(19)34-4)16-11-14(32)10-12-8-9-17(26)15(7-3)18(12)16/h3,8-11,13,32H,5-6H2,1-2,4H3,(H2,28,30,31,33). The number of aromatic amines is 1. The van der Waals surface area contributed by atoms with E-state index in [-0.39, 0.29) is 56.6 Å². The molecule has 34 heavy (non-hydrogen) atoms. The van der Waals surface area contributed by atoms with E-state index in [4.69, 9.17) is 11.2 Å². The molecule has 2 heterocycles. The second-order valence-electron chi connectivity index (χ2n) is 7.74. The number of anilines is 1. The molecule has 7 nitrogen and oxygen atoms in total. The highest BCUT2D eigenvalue weighted by atomic mass is 19.1. The third-order valence-electron chi connectivity index (χ3n) is 5.76. The van der Waals surface area contributed by atoms with Crippen LogP contribution in [0.5, 0.6) is 11.6 Å². The normalized spacial score (nSPS) is 11.2. The number of terminal acetylenes is 1. The van der Waals surface area contributed by atoms with Gasteiger partial charge >= 0.3 is 5.69 Å². The van der Waals surface area contributed by atoms with Crippen molar-refractivity contribution in [3.05, 3.63) is 51.9 Å². The summed E-state index contributed by atoms with van der Waals surface area (Å²) in [7, 11) is 1.35. The zero-order valence-corrected chi connectivity index (χ0v) is 18.8. The molecule has 0 atom stereocenters. The Hall–Kier alpha value is -4.19. The summed E-state index contributed by atoms with van der Waals surface area (Å²) >= 11 is 0. The van der Waals surface area contributed by atoms with Gasteiger partial charge in [-0.2, -0.15) is 4.98 Å². The molecular weight excluding hydrogens is 442 g/mol. The van der Waals surface area contributed by atoms with Crippen molar-refractivity contribution < 1.29 is 18.6 Å².